The fraction of sp³-hybridized carbons (Fsp3) is 0.0526. The van der Waals surface area contributed by atoms with E-state index in [1.807, 2.05) is 6.07 Å². The van der Waals surface area contributed by atoms with Crippen LogP contribution in [-0.4, -0.2) is 28.8 Å². The van der Waals surface area contributed by atoms with Crippen LogP contribution in [0.2, 0.25) is 10.2 Å². The quantitative estimate of drug-likeness (QED) is 0.592. The molecule has 0 radical (unpaired) electrons. The first-order chi connectivity index (χ1) is 13.4. The van der Waals surface area contributed by atoms with Gasteiger partial charge in [0.05, 0.1) is 16.3 Å². The van der Waals surface area contributed by atoms with Crippen LogP contribution < -0.4 is 10.2 Å². The predicted molar refractivity (Wildman–Crippen MR) is 110 cm³/mol. The lowest BCUT2D eigenvalue weighted by Gasteiger charge is -2.16. The minimum absolute atomic E-state index is 0.0125. The van der Waals surface area contributed by atoms with Crippen LogP contribution in [0.15, 0.2) is 58.6 Å². The molecule has 0 saturated heterocycles. The summed E-state index contributed by atoms with van der Waals surface area (Å²) in [5.41, 5.74) is 1.66. The summed E-state index contributed by atoms with van der Waals surface area (Å²) in [6, 6.07) is 11.7. The molecule has 2 aromatic heterocycles. The van der Waals surface area contributed by atoms with Gasteiger partial charge < -0.3 is 10.2 Å². The van der Waals surface area contributed by atoms with E-state index in [0.29, 0.717) is 11.3 Å². The molecule has 1 aliphatic heterocycles. The zero-order valence-electron chi connectivity index (χ0n) is 14.4. The van der Waals surface area contributed by atoms with E-state index < -0.39 is 5.91 Å². The highest BCUT2D eigenvalue weighted by molar-refractivity contribution is 7.99. The van der Waals surface area contributed by atoms with Gasteiger partial charge in [0.25, 0.3) is 11.8 Å². The standard InChI is InChI=1S/C19H12Cl2N4O2S/c1-25-13-3-2-8-22-18(13)28-14-6-4-10(9-11(14)19(25)27)23-17(26)16-12(20)5-7-15(21)24-16/h2-9H,1H3,(H,23,26). The third-order valence-corrected chi connectivity index (χ3v) is 5.72. The highest BCUT2D eigenvalue weighted by atomic mass is 35.5. The first kappa shape index (κ1) is 18.7. The highest BCUT2D eigenvalue weighted by Crippen LogP contribution is 2.40. The Morgan fingerprint density at radius 1 is 1.18 bits per heavy atom. The number of hydrogen-bond donors (Lipinski definition) is 1. The number of amides is 2. The number of fused-ring (bicyclic) bond motifs is 2. The molecule has 2 amide bonds. The highest BCUT2D eigenvalue weighted by Gasteiger charge is 2.26. The summed E-state index contributed by atoms with van der Waals surface area (Å²) >= 11 is 13.3. The Morgan fingerprint density at radius 2 is 2.00 bits per heavy atom. The number of pyridine rings is 2. The normalized spacial score (nSPS) is 12.8. The van der Waals surface area contributed by atoms with Crippen molar-refractivity contribution in [2.45, 2.75) is 9.92 Å². The molecule has 0 aliphatic carbocycles. The van der Waals surface area contributed by atoms with Crippen molar-refractivity contribution in [3.05, 3.63) is 70.1 Å². The zero-order chi connectivity index (χ0) is 19.8. The number of rotatable bonds is 2. The minimum Gasteiger partial charge on any atom is -0.321 e. The lowest BCUT2D eigenvalue weighted by molar-refractivity contribution is 0.0987. The molecule has 6 nitrogen and oxygen atoms in total. The van der Waals surface area contributed by atoms with Crippen LogP contribution in [0.1, 0.15) is 20.8 Å². The summed E-state index contributed by atoms with van der Waals surface area (Å²) in [7, 11) is 1.69. The van der Waals surface area contributed by atoms with Gasteiger partial charge in [0.15, 0.2) is 0 Å². The summed E-state index contributed by atoms with van der Waals surface area (Å²) in [6.07, 6.45) is 1.69. The number of carbonyl (C=O) groups is 2. The van der Waals surface area contributed by atoms with E-state index in [1.165, 1.54) is 23.9 Å². The smallest absolute Gasteiger partial charge is 0.275 e. The van der Waals surface area contributed by atoms with E-state index in [1.54, 1.807) is 42.4 Å². The van der Waals surface area contributed by atoms with Gasteiger partial charge in [-0.05, 0) is 42.5 Å². The van der Waals surface area contributed by atoms with Crippen LogP contribution in [-0.2, 0) is 0 Å². The zero-order valence-corrected chi connectivity index (χ0v) is 16.8. The molecule has 1 aromatic carbocycles. The lowest BCUT2D eigenvalue weighted by atomic mass is 10.1. The summed E-state index contributed by atoms with van der Waals surface area (Å²) < 4.78 is 0. The van der Waals surface area contributed by atoms with Crippen LogP contribution in [0.4, 0.5) is 11.4 Å². The molecule has 28 heavy (non-hydrogen) atoms. The minimum atomic E-state index is -0.514. The summed E-state index contributed by atoms with van der Waals surface area (Å²) in [5.74, 6) is -0.705. The Labute approximate surface area is 174 Å². The number of hydrogen-bond acceptors (Lipinski definition) is 5. The van der Waals surface area contributed by atoms with Crippen molar-refractivity contribution >= 4 is 58.2 Å². The Morgan fingerprint density at radius 3 is 2.82 bits per heavy atom. The van der Waals surface area contributed by atoms with Crippen LogP contribution in [0.5, 0.6) is 0 Å². The molecule has 1 N–H and O–H groups in total. The molecular formula is C19H12Cl2N4O2S. The molecule has 0 saturated carbocycles. The number of benzene rings is 1. The van der Waals surface area contributed by atoms with Crippen molar-refractivity contribution < 1.29 is 9.59 Å². The van der Waals surface area contributed by atoms with Crippen LogP contribution in [0, 0.1) is 0 Å². The maximum atomic E-state index is 12.9. The van der Waals surface area contributed by atoms with E-state index in [2.05, 4.69) is 15.3 Å². The van der Waals surface area contributed by atoms with Gasteiger partial charge in [-0.15, -0.1) is 0 Å². The number of nitrogens with zero attached hydrogens (tertiary/aromatic N) is 3. The van der Waals surface area contributed by atoms with E-state index in [9.17, 15) is 9.59 Å². The molecule has 3 heterocycles. The molecule has 0 unspecified atom stereocenters. The van der Waals surface area contributed by atoms with E-state index in [4.69, 9.17) is 23.2 Å². The van der Waals surface area contributed by atoms with E-state index in [-0.39, 0.29) is 21.8 Å². The van der Waals surface area contributed by atoms with Crippen molar-refractivity contribution in [1.29, 1.82) is 0 Å². The summed E-state index contributed by atoms with van der Waals surface area (Å²) in [5, 5.41) is 3.80. The van der Waals surface area contributed by atoms with E-state index >= 15 is 0 Å². The number of halogens is 2. The van der Waals surface area contributed by atoms with E-state index in [0.717, 1.165) is 15.6 Å². The Bertz CT molecular complexity index is 1120. The molecular weight excluding hydrogens is 419 g/mol. The van der Waals surface area contributed by atoms with Gasteiger partial charge in [-0.25, -0.2) is 9.97 Å². The van der Waals surface area contributed by atoms with Gasteiger partial charge in [0, 0.05) is 23.8 Å². The average Bonchev–Trinajstić information content (AvgIpc) is 2.79. The molecule has 0 fully saturated rings. The predicted octanol–water partition coefficient (Wildman–Crippen LogP) is 4.78. The first-order valence-corrected chi connectivity index (χ1v) is 9.69. The Balaban J connectivity index is 1.67. The monoisotopic (exact) mass is 430 g/mol. The van der Waals surface area contributed by atoms with Crippen molar-refractivity contribution in [2.75, 3.05) is 17.3 Å². The molecule has 0 spiro atoms. The van der Waals surface area contributed by atoms with Gasteiger partial charge in [0.1, 0.15) is 15.9 Å². The Kier molecular flexibility index (Phi) is 4.97. The summed E-state index contributed by atoms with van der Waals surface area (Å²) in [6.45, 7) is 0. The van der Waals surface area contributed by atoms with Crippen LogP contribution in [0.3, 0.4) is 0 Å². The lowest BCUT2D eigenvalue weighted by Crippen LogP contribution is -2.26. The first-order valence-electron chi connectivity index (χ1n) is 8.12. The number of anilines is 2. The van der Waals surface area contributed by atoms with Crippen LogP contribution in [0.25, 0.3) is 0 Å². The molecule has 1 aliphatic rings. The van der Waals surface area contributed by atoms with Crippen molar-refractivity contribution in [1.82, 2.24) is 9.97 Å². The fourth-order valence-corrected chi connectivity index (χ4v) is 4.10. The fourth-order valence-electron chi connectivity index (χ4n) is 2.74. The second-order valence-corrected chi connectivity index (χ2v) is 7.75. The van der Waals surface area contributed by atoms with Gasteiger partial charge >= 0.3 is 0 Å². The average molecular weight is 431 g/mol. The van der Waals surface area contributed by atoms with Gasteiger partial charge in [-0.3, -0.25) is 9.59 Å². The number of carbonyl (C=O) groups excluding carboxylic acids is 2. The molecule has 0 bridgehead atoms. The summed E-state index contributed by atoms with van der Waals surface area (Å²) in [4.78, 5) is 36.1. The topological polar surface area (TPSA) is 75.2 Å². The van der Waals surface area contributed by atoms with Crippen molar-refractivity contribution in [2.24, 2.45) is 0 Å². The third kappa shape index (κ3) is 3.44. The number of nitrogens with one attached hydrogen (secondary N) is 1. The van der Waals surface area contributed by atoms with Gasteiger partial charge in [-0.2, -0.15) is 0 Å². The van der Waals surface area contributed by atoms with Crippen molar-refractivity contribution in [3.8, 4) is 0 Å². The number of aromatic nitrogens is 2. The molecule has 4 rings (SSSR count). The maximum absolute atomic E-state index is 12.9. The SMILES string of the molecule is CN1C(=O)c2cc(NC(=O)c3nc(Cl)ccc3Cl)ccc2Sc2ncccc21. The van der Waals surface area contributed by atoms with Crippen molar-refractivity contribution in [3.63, 3.8) is 0 Å². The molecule has 9 heteroatoms. The van der Waals surface area contributed by atoms with Gasteiger partial charge in [0.2, 0.25) is 0 Å². The van der Waals surface area contributed by atoms with Gasteiger partial charge in [-0.1, -0.05) is 35.0 Å². The largest absolute Gasteiger partial charge is 0.321 e. The third-order valence-electron chi connectivity index (χ3n) is 4.12. The second-order valence-electron chi connectivity index (χ2n) is 5.92. The molecule has 0 atom stereocenters. The second kappa shape index (κ2) is 7.43. The molecule has 140 valence electrons. The van der Waals surface area contributed by atoms with Crippen LogP contribution >= 0.6 is 35.0 Å². The Hall–Kier alpha value is -2.61. The maximum Gasteiger partial charge on any atom is 0.275 e. The molecule has 3 aromatic rings.